The van der Waals surface area contributed by atoms with Crippen molar-refractivity contribution < 1.29 is 13.2 Å². The number of aryl methyl sites for hydroxylation is 2. The zero-order chi connectivity index (χ0) is 19.6. The number of sulfonamides is 1. The summed E-state index contributed by atoms with van der Waals surface area (Å²) in [7, 11) is -3.62. The molecule has 1 N–H and O–H groups in total. The van der Waals surface area contributed by atoms with Crippen LogP contribution < -0.4 is 5.32 Å². The van der Waals surface area contributed by atoms with Gasteiger partial charge in [-0.15, -0.1) is 0 Å². The number of hydrogen-bond acceptors (Lipinski definition) is 3. The van der Waals surface area contributed by atoms with E-state index < -0.39 is 10.0 Å². The van der Waals surface area contributed by atoms with E-state index in [-0.39, 0.29) is 18.4 Å². The fraction of sp³-hybridized carbons (Fsp3) is 0.350. The fourth-order valence-corrected chi connectivity index (χ4v) is 5.24. The lowest BCUT2D eigenvalue weighted by atomic mass is 9.99. The molecule has 1 aliphatic rings. The molecule has 27 heavy (non-hydrogen) atoms. The van der Waals surface area contributed by atoms with Gasteiger partial charge in [-0.2, -0.15) is 4.31 Å². The predicted molar refractivity (Wildman–Crippen MR) is 107 cm³/mol. The van der Waals surface area contributed by atoms with E-state index in [1.54, 1.807) is 37.3 Å². The van der Waals surface area contributed by atoms with E-state index in [0.717, 1.165) is 5.56 Å². The highest BCUT2D eigenvalue weighted by atomic mass is 35.5. The van der Waals surface area contributed by atoms with Crippen molar-refractivity contribution in [3.63, 3.8) is 0 Å². The van der Waals surface area contributed by atoms with Gasteiger partial charge in [0.1, 0.15) is 0 Å². The molecular formula is C20H23ClN2O3S. The molecule has 7 heteroatoms. The maximum atomic E-state index is 13.1. The van der Waals surface area contributed by atoms with Crippen molar-refractivity contribution in [3.8, 4) is 0 Å². The maximum absolute atomic E-state index is 13.1. The van der Waals surface area contributed by atoms with Gasteiger partial charge in [-0.25, -0.2) is 8.42 Å². The molecule has 1 atom stereocenters. The maximum Gasteiger partial charge on any atom is 0.243 e. The predicted octanol–water partition coefficient (Wildman–Crippen LogP) is 4.00. The van der Waals surface area contributed by atoms with Crippen LogP contribution >= 0.6 is 11.6 Å². The molecule has 3 rings (SSSR count). The van der Waals surface area contributed by atoms with Crippen LogP contribution in [0.3, 0.4) is 0 Å². The van der Waals surface area contributed by atoms with Gasteiger partial charge in [-0.1, -0.05) is 23.7 Å². The quantitative estimate of drug-likeness (QED) is 0.834. The summed E-state index contributed by atoms with van der Waals surface area (Å²) in [6.45, 7) is 4.29. The van der Waals surface area contributed by atoms with Crippen LogP contribution in [-0.2, 0) is 14.8 Å². The highest BCUT2D eigenvalue weighted by Gasteiger charge is 2.34. The van der Waals surface area contributed by atoms with Gasteiger partial charge >= 0.3 is 0 Å². The first-order valence-corrected chi connectivity index (χ1v) is 10.7. The molecule has 0 aromatic heterocycles. The SMILES string of the molecule is Cc1ccc(C)c(S(=O)(=O)N2CCC[C@@H](C(=O)Nc3ccc(Cl)cc3)C2)c1. The lowest BCUT2D eigenvalue weighted by Crippen LogP contribution is -2.43. The van der Waals surface area contributed by atoms with E-state index in [9.17, 15) is 13.2 Å². The third-order valence-electron chi connectivity index (χ3n) is 4.83. The summed E-state index contributed by atoms with van der Waals surface area (Å²) in [5.74, 6) is -0.549. The van der Waals surface area contributed by atoms with Gasteiger partial charge in [0.05, 0.1) is 10.8 Å². The third-order valence-corrected chi connectivity index (χ3v) is 7.09. The lowest BCUT2D eigenvalue weighted by molar-refractivity contribution is -0.120. The molecule has 0 radical (unpaired) electrons. The number of amides is 1. The molecule has 0 unspecified atom stereocenters. The molecule has 0 spiro atoms. The monoisotopic (exact) mass is 406 g/mol. The second-order valence-corrected chi connectivity index (χ2v) is 9.31. The molecule has 144 valence electrons. The summed E-state index contributed by atoms with van der Waals surface area (Å²) in [4.78, 5) is 12.9. The van der Waals surface area contributed by atoms with Crippen molar-refractivity contribution in [3.05, 3.63) is 58.6 Å². The van der Waals surface area contributed by atoms with Crippen molar-refractivity contribution in [2.45, 2.75) is 31.6 Å². The highest BCUT2D eigenvalue weighted by Crippen LogP contribution is 2.27. The summed E-state index contributed by atoms with van der Waals surface area (Å²) < 4.78 is 27.6. The lowest BCUT2D eigenvalue weighted by Gasteiger charge is -2.31. The Hall–Kier alpha value is -1.89. The second kappa shape index (κ2) is 8.00. The number of nitrogens with zero attached hydrogens (tertiary/aromatic N) is 1. The Morgan fingerprint density at radius 3 is 2.56 bits per heavy atom. The molecule has 1 fully saturated rings. The number of hydrogen-bond donors (Lipinski definition) is 1. The van der Waals surface area contributed by atoms with Crippen LogP contribution in [0.5, 0.6) is 0 Å². The molecule has 1 aliphatic heterocycles. The smallest absolute Gasteiger partial charge is 0.243 e. The van der Waals surface area contributed by atoms with Gasteiger partial charge in [0, 0.05) is 23.8 Å². The van der Waals surface area contributed by atoms with E-state index in [0.29, 0.717) is 40.6 Å². The molecule has 0 saturated carbocycles. The molecule has 5 nitrogen and oxygen atoms in total. The number of carbonyl (C=O) groups excluding carboxylic acids is 1. The molecule has 0 bridgehead atoms. The van der Waals surface area contributed by atoms with E-state index in [1.165, 1.54) is 4.31 Å². The highest BCUT2D eigenvalue weighted by molar-refractivity contribution is 7.89. The van der Waals surface area contributed by atoms with E-state index >= 15 is 0 Å². The van der Waals surface area contributed by atoms with E-state index in [1.807, 2.05) is 19.1 Å². The van der Waals surface area contributed by atoms with Gasteiger partial charge in [0.25, 0.3) is 0 Å². The Kier molecular flexibility index (Phi) is 5.89. The zero-order valence-corrected chi connectivity index (χ0v) is 17.0. The Bertz CT molecular complexity index is 942. The number of halogens is 1. The van der Waals surface area contributed by atoms with Crippen LogP contribution in [0.2, 0.25) is 5.02 Å². The van der Waals surface area contributed by atoms with Gasteiger partial charge in [0.15, 0.2) is 0 Å². The number of nitrogens with one attached hydrogen (secondary N) is 1. The average Bonchev–Trinajstić information content (AvgIpc) is 2.65. The second-order valence-electron chi connectivity index (χ2n) is 6.97. The van der Waals surface area contributed by atoms with Gasteiger partial charge in [0.2, 0.25) is 15.9 Å². The van der Waals surface area contributed by atoms with Crippen LogP contribution in [-0.4, -0.2) is 31.7 Å². The number of benzene rings is 2. The van der Waals surface area contributed by atoms with Crippen LogP contribution in [0, 0.1) is 19.8 Å². The minimum absolute atomic E-state index is 0.168. The summed E-state index contributed by atoms with van der Waals surface area (Å²) in [5, 5.41) is 3.45. The summed E-state index contributed by atoms with van der Waals surface area (Å²) in [6.07, 6.45) is 1.32. The minimum atomic E-state index is -3.62. The van der Waals surface area contributed by atoms with Crippen molar-refractivity contribution >= 4 is 33.2 Å². The molecular weight excluding hydrogens is 384 g/mol. The minimum Gasteiger partial charge on any atom is -0.326 e. The topological polar surface area (TPSA) is 66.5 Å². The molecule has 1 heterocycles. The number of carbonyl (C=O) groups is 1. The van der Waals surface area contributed by atoms with Crippen LogP contribution in [0.15, 0.2) is 47.4 Å². The van der Waals surface area contributed by atoms with Crippen molar-refractivity contribution in [2.24, 2.45) is 5.92 Å². The standard InChI is InChI=1S/C20H23ClN2O3S/c1-14-5-6-15(2)19(12-14)27(25,26)23-11-3-4-16(13-23)20(24)22-18-9-7-17(21)8-10-18/h5-10,12,16H,3-4,11,13H2,1-2H3,(H,22,24)/t16-/m1/s1. The Balaban J connectivity index is 1.76. The first kappa shape index (κ1) is 19.9. The van der Waals surface area contributed by atoms with Crippen LogP contribution in [0.1, 0.15) is 24.0 Å². The number of piperidine rings is 1. The van der Waals surface area contributed by atoms with Gasteiger partial charge in [-0.05, 0) is 68.1 Å². The van der Waals surface area contributed by atoms with Gasteiger partial charge in [-0.3, -0.25) is 4.79 Å². The largest absolute Gasteiger partial charge is 0.326 e. The van der Waals surface area contributed by atoms with Crippen molar-refractivity contribution in [1.29, 1.82) is 0 Å². The molecule has 2 aromatic carbocycles. The van der Waals surface area contributed by atoms with Crippen molar-refractivity contribution in [2.75, 3.05) is 18.4 Å². The Morgan fingerprint density at radius 1 is 1.15 bits per heavy atom. The molecule has 0 aliphatic carbocycles. The Labute approximate surface area is 165 Å². The number of anilines is 1. The fourth-order valence-electron chi connectivity index (χ4n) is 3.28. The summed E-state index contributed by atoms with van der Waals surface area (Å²) >= 11 is 5.86. The first-order chi connectivity index (χ1) is 12.8. The first-order valence-electron chi connectivity index (χ1n) is 8.91. The molecule has 2 aromatic rings. The van der Waals surface area contributed by atoms with E-state index in [2.05, 4.69) is 5.32 Å². The third kappa shape index (κ3) is 4.51. The van der Waals surface area contributed by atoms with E-state index in [4.69, 9.17) is 11.6 Å². The zero-order valence-electron chi connectivity index (χ0n) is 15.4. The normalized spacial score (nSPS) is 18.3. The summed E-state index contributed by atoms with van der Waals surface area (Å²) in [6, 6.07) is 12.3. The average molecular weight is 407 g/mol. The van der Waals surface area contributed by atoms with Crippen molar-refractivity contribution in [1.82, 2.24) is 4.31 Å². The van der Waals surface area contributed by atoms with Gasteiger partial charge < -0.3 is 5.32 Å². The number of rotatable bonds is 4. The summed E-state index contributed by atoms with van der Waals surface area (Å²) in [5.41, 5.74) is 2.26. The van der Waals surface area contributed by atoms with Crippen LogP contribution in [0.4, 0.5) is 5.69 Å². The Morgan fingerprint density at radius 2 is 1.85 bits per heavy atom. The molecule has 1 saturated heterocycles. The van der Waals surface area contributed by atoms with Crippen LogP contribution in [0.25, 0.3) is 0 Å². The molecule has 1 amide bonds.